The van der Waals surface area contributed by atoms with Crippen molar-refractivity contribution in [1.82, 2.24) is 4.90 Å². The molecule has 2 atom stereocenters. The van der Waals surface area contributed by atoms with Crippen LogP contribution in [0, 0.1) is 20.8 Å². The van der Waals surface area contributed by atoms with Gasteiger partial charge in [0, 0.05) is 30.7 Å². The summed E-state index contributed by atoms with van der Waals surface area (Å²) in [5.41, 5.74) is 11.9. The lowest BCUT2D eigenvalue weighted by Crippen LogP contribution is -2.34. The number of benzene rings is 2. The predicted molar refractivity (Wildman–Crippen MR) is 110 cm³/mol. The lowest BCUT2D eigenvalue weighted by atomic mass is 9.95. The number of anilines is 1. The van der Waals surface area contributed by atoms with Crippen molar-refractivity contribution >= 4 is 24.0 Å². The summed E-state index contributed by atoms with van der Waals surface area (Å²) >= 11 is 0. The number of rotatable bonds is 4. The van der Waals surface area contributed by atoms with Gasteiger partial charge < -0.3 is 11.1 Å². The number of nitrogens with one attached hydrogen (secondary N) is 1. The molecule has 0 spiro atoms. The average Bonchev–Trinajstić information content (AvgIpc) is 2.92. The van der Waals surface area contributed by atoms with E-state index in [1.54, 1.807) is 0 Å². The number of aryl methyl sites for hydroxylation is 3. The molecule has 1 heterocycles. The van der Waals surface area contributed by atoms with Gasteiger partial charge in [-0.05, 0) is 37.5 Å². The molecule has 1 fully saturated rings. The van der Waals surface area contributed by atoms with Gasteiger partial charge in [0.15, 0.2) is 0 Å². The zero-order valence-electron chi connectivity index (χ0n) is 15.7. The number of likely N-dealkylation sites (tertiary alicyclic amines) is 1. The van der Waals surface area contributed by atoms with Crippen LogP contribution < -0.4 is 11.1 Å². The molecule has 0 radical (unpaired) electrons. The number of carbonyl (C=O) groups is 1. The second-order valence-corrected chi connectivity index (χ2v) is 7.20. The Kier molecular flexibility index (Phi) is 6.81. The Morgan fingerprint density at radius 3 is 2.35 bits per heavy atom. The molecule has 1 amide bonds. The van der Waals surface area contributed by atoms with Gasteiger partial charge in [0.2, 0.25) is 5.91 Å². The first-order valence-electron chi connectivity index (χ1n) is 8.84. The zero-order chi connectivity index (χ0) is 18.0. The third kappa shape index (κ3) is 4.64. The Labute approximate surface area is 162 Å². The first-order chi connectivity index (χ1) is 11.9. The lowest BCUT2D eigenvalue weighted by Gasteiger charge is -2.17. The molecule has 3 rings (SSSR count). The normalized spacial score (nSPS) is 19.8. The number of nitrogens with zero attached hydrogens (tertiary/aromatic N) is 1. The maximum absolute atomic E-state index is 12.5. The molecule has 3 N–H and O–H groups in total. The summed E-state index contributed by atoms with van der Waals surface area (Å²) in [6, 6.07) is 14.6. The Bertz CT molecular complexity index is 740. The maximum Gasteiger partial charge on any atom is 0.238 e. The van der Waals surface area contributed by atoms with Crippen LogP contribution in [0.3, 0.4) is 0 Å². The molecule has 26 heavy (non-hydrogen) atoms. The standard InChI is InChI=1S/C21H27N3O.ClH/c1-14-9-15(2)21(16(3)10-14)23-20(25)13-24-11-18(19(22)12-24)17-7-5-4-6-8-17;/h4-10,18-19H,11-13,22H2,1-3H3,(H,23,25);1H/t18-,19+;/m0./s1. The molecular formula is C21H28ClN3O. The molecule has 0 aliphatic carbocycles. The molecule has 0 saturated carbocycles. The van der Waals surface area contributed by atoms with E-state index in [1.807, 2.05) is 32.0 Å². The van der Waals surface area contributed by atoms with E-state index < -0.39 is 0 Å². The Hall–Kier alpha value is -1.88. The van der Waals surface area contributed by atoms with Gasteiger partial charge in [-0.25, -0.2) is 0 Å². The molecule has 2 aromatic carbocycles. The van der Waals surface area contributed by atoms with Crippen LogP contribution >= 0.6 is 12.4 Å². The van der Waals surface area contributed by atoms with Crippen LogP contribution in [0.4, 0.5) is 5.69 Å². The SMILES string of the molecule is Cc1cc(C)c(NC(=O)CN2C[C@@H](N)[C@H](c3ccccc3)C2)c(C)c1.Cl. The van der Waals surface area contributed by atoms with Crippen LogP contribution in [0.25, 0.3) is 0 Å². The van der Waals surface area contributed by atoms with Crippen LogP contribution in [0.15, 0.2) is 42.5 Å². The molecule has 4 nitrogen and oxygen atoms in total. The number of amides is 1. The van der Waals surface area contributed by atoms with Crippen molar-refractivity contribution in [3.05, 3.63) is 64.7 Å². The summed E-state index contributed by atoms with van der Waals surface area (Å²) in [6.07, 6.45) is 0. The summed E-state index contributed by atoms with van der Waals surface area (Å²) in [6.45, 7) is 8.09. The summed E-state index contributed by atoms with van der Waals surface area (Å²) in [4.78, 5) is 14.7. The first kappa shape index (κ1) is 20.4. The highest BCUT2D eigenvalue weighted by Crippen LogP contribution is 2.26. The fourth-order valence-corrected chi connectivity index (χ4v) is 3.85. The second-order valence-electron chi connectivity index (χ2n) is 7.20. The second kappa shape index (κ2) is 8.67. The van der Waals surface area contributed by atoms with Gasteiger partial charge in [0.25, 0.3) is 0 Å². The van der Waals surface area contributed by atoms with Gasteiger partial charge in [-0.1, -0.05) is 48.0 Å². The maximum atomic E-state index is 12.5. The fraction of sp³-hybridized carbons (Fsp3) is 0.381. The van der Waals surface area contributed by atoms with Crippen LogP contribution in [0.5, 0.6) is 0 Å². The molecule has 0 unspecified atom stereocenters. The van der Waals surface area contributed by atoms with Crippen molar-refractivity contribution in [3.8, 4) is 0 Å². The minimum Gasteiger partial charge on any atom is -0.326 e. The smallest absolute Gasteiger partial charge is 0.238 e. The average molecular weight is 374 g/mol. The van der Waals surface area contributed by atoms with Crippen molar-refractivity contribution < 1.29 is 4.79 Å². The minimum atomic E-state index is 0. The zero-order valence-corrected chi connectivity index (χ0v) is 16.5. The van der Waals surface area contributed by atoms with Crippen molar-refractivity contribution in [2.75, 3.05) is 25.0 Å². The van der Waals surface area contributed by atoms with E-state index in [4.69, 9.17) is 5.73 Å². The quantitative estimate of drug-likeness (QED) is 0.863. The molecule has 140 valence electrons. The topological polar surface area (TPSA) is 58.4 Å². The monoisotopic (exact) mass is 373 g/mol. The van der Waals surface area contributed by atoms with E-state index in [9.17, 15) is 4.79 Å². The molecule has 1 saturated heterocycles. The Balaban J connectivity index is 0.00000243. The van der Waals surface area contributed by atoms with Gasteiger partial charge in [-0.3, -0.25) is 9.69 Å². The highest BCUT2D eigenvalue weighted by atomic mass is 35.5. The summed E-state index contributed by atoms with van der Waals surface area (Å²) in [7, 11) is 0. The van der Waals surface area contributed by atoms with Gasteiger partial charge in [0.1, 0.15) is 0 Å². The molecule has 1 aliphatic rings. The summed E-state index contributed by atoms with van der Waals surface area (Å²) in [5.74, 6) is 0.313. The number of hydrogen-bond donors (Lipinski definition) is 2. The van der Waals surface area contributed by atoms with E-state index in [0.29, 0.717) is 6.54 Å². The molecule has 0 bridgehead atoms. The van der Waals surface area contributed by atoms with E-state index in [-0.39, 0.29) is 30.3 Å². The van der Waals surface area contributed by atoms with Gasteiger partial charge in [-0.15, -0.1) is 12.4 Å². The number of hydrogen-bond acceptors (Lipinski definition) is 3. The molecule has 5 heteroatoms. The first-order valence-corrected chi connectivity index (χ1v) is 8.84. The molecule has 2 aromatic rings. The summed E-state index contributed by atoms with van der Waals surface area (Å²) in [5, 5.41) is 3.08. The van der Waals surface area contributed by atoms with Crippen LogP contribution in [0.2, 0.25) is 0 Å². The van der Waals surface area contributed by atoms with E-state index in [1.165, 1.54) is 11.1 Å². The van der Waals surface area contributed by atoms with Crippen molar-refractivity contribution in [3.63, 3.8) is 0 Å². The lowest BCUT2D eigenvalue weighted by molar-refractivity contribution is -0.117. The van der Waals surface area contributed by atoms with Crippen LogP contribution in [-0.2, 0) is 4.79 Å². The molecule has 1 aliphatic heterocycles. The largest absolute Gasteiger partial charge is 0.326 e. The van der Waals surface area contributed by atoms with E-state index in [0.717, 1.165) is 29.9 Å². The summed E-state index contributed by atoms with van der Waals surface area (Å²) < 4.78 is 0. The van der Waals surface area contributed by atoms with Crippen molar-refractivity contribution in [2.45, 2.75) is 32.7 Å². The van der Waals surface area contributed by atoms with Crippen LogP contribution in [-0.4, -0.2) is 36.5 Å². The van der Waals surface area contributed by atoms with Gasteiger partial charge >= 0.3 is 0 Å². The Morgan fingerprint density at radius 1 is 1.12 bits per heavy atom. The van der Waals surface area contributed by atoms with Crippen molar-refractivity contribution in [2.24, 2.45) is 5.73 Å². The molecule has 0 aromatic heterocycles. The van der Waals surface area contributed by atoms with Gasteiger partial charge in [-0.2, -0.15) is 0 Å². The van der Waals surface area contributed by atoms with Crippen molar-refractivity contribution in [1.29, 1.82) is 0 Å². The highest BCUT2D eigenvalue weighted by molar-refractivity contribution is 5.93. The predicted octanol–water partition coefficient (Wildman–Crippen LogP) is 3.40. The van der Waals surface area contributed by atoms with Gasteiger partial charge in [0.05, 0.1) is 6.54 Å². The number of carbonyl (C=O) groups excluding carboxylic acids is 1. The molecular weight excluding hydrogens is 346 g/mol. The highest BCUT2D eigenvalue weighted by Gasteiger charge is 2.32. The fourth-order valence-electron chi connectivity index (χ4n) is 3.85. The third-order valence-electron chi connectivity index (χ3n) is 4.98. The Morgan fingerprint density at radius 2 is 1.73 bits per heavy atom. The van der Waals surface area contributed by atoms with E-state index in [2.05, 4.69) is 41.4 Å². The van der Waals surface area contributed by atoms with E-state index >= 15 is 0 Å². The minimum absolute atomic E-state index is 0. The van der Waals surface area contributed by atoms with Crippen LogP contribution in [0.1, 0.15) is 28.2 Å². The third-order valence-corrected chi connectivity index (χ3v) is 4.98. The number of nitrogens with two attached hydrogens (primary N) is 1. The number of halogens is 1.